The first-order valence-corrected chi connectivity index (χ1v) is 8.42. The first-order chi connectivity index (χ1) is 12.2. The van der Waals surface area contributed by atoms with Crippen LogP contribution in [0.25, 0.3) is 0 Å². The van der Waals surface area contributed by atoms with Crippen LogP contribution in [0.4, 0.5) is 5.69 Å². The van der Waals surface area contributed by atoms with Gasteiger partial charge in [-0.1, -0.05) is 48.0 Å². The van der Waals surface area contributed by atoms with Gasteiger partial charge in [0.15, 0.2) is 0 Å². The van der Waals surface area contributed by atoms with Crippen molar-refractivity contribution in [2.75, 3.05) is 5.32 Å². The summed E-state index contributed by atoms with van der Waals surface area (Å²) in [4.78, 5) is 18.9. The molecule has 1 N–H and O–H groups in total. The lowest BCUT2D eigenvalue weighted by Crippen LogP contribution is -2.32. The van der Waals surface area contributed by atoms with Crippen LogP contribution in [0.15, 0.2) is 73.1 Å². The van der Waals surface area contributed by atoms with Crippen molar-refractivity contribution in [1.29, 1.82) is 0 Å². The molecule has 0 saturated carbocycles. The zero-order valence-electron chi connectivity index (χ0n) is 13.4. The topological polar surface area (TPSA) is 45.2 Å². The lowest BCUT2D eigenvalue weighted by molar-refractivity contribution is 0.0729. The van der Waals surface area contributed by atoms with Crippen molar-refractivity contribution in [2.45, 2.75) is 12.7 Å². The Balaban J connectivity index is 1.71. The number of carbonyl (C=O) groups is 1. The minimum Gasteiger partial charge on any atom is -0.360 e. The number of rotatable bonds is 4. The second-order valence-corrected chi connectivity index (χ2v) is 6.31. The summed E-state index contributed by atoms with van der Waals surface area (Å²) in [5.41, 5.74) is 3.46. The van der Waals surface area contributed by atoms with E-state index < -0.39 is 0 Å². The summed E-state index contributed by atoms with van der Waals surface area (Å²) in [5, 5.41) is 4.08. The molecule has 5 heteroatoms. The number of hydrogen-bond acceptors (Lipinski definition) is 3. The minimum absolute atomic E-state index is 0.00286. The third-order valence-electron chi connectivity index (χ3n) is 4.32. The fourth-order valence-corrected chi connectivity index (χ4v) is 3.30. The molecule has 124 valence electrons. The third kappa shape index (κ3) is 2.96. The van der Waals surface area contributed by atoms with Crippen molar-refractivity contribution in [1.82, 2.24) is 9.88 Å². The number of nitrogens with one attached hydrogen (secondary N) is 1. The van der Waals surface area contributed by atoms with Gasteiger partial charge in [0.2, 0.25) is 0 Å². The van der Waals surface area contributed by atoms with Gasteiger partial charge < -0.3 is 10.2 Å². The highest BCUT2D eigenvalue weighted by Crippen LogP contribution is 2.36. The van der Waals surface area contributed by atoms with Crippen LogP contribution in [0.1, 0.15) is 27.7 Å². The Morgan fingerprint density at radius 3 is 2.64 bits per heavy atom. The van der Waals surface area contributed by atoms with Gasteiger partial charge in [-0.2, -0.15) is 0 Å². The largest absolute Gasteiger partial charge is 0.360 e. The summed E-state index contributed by atoms with van der Waals surface area (Å²) in [7, 11) is 0. The number of anilines is 1. The molecule has 25 heavy (non-hydrogen) atoms. The Labute approximate surface area is 151 Å². The molecule has 0 spiro atoms. The first-order valence-electron chi connectivity index (χ1n) is 8.04. The lowest BCUT2D eigenvalue weighted by Gasteiger charge is -2.27. The fourth-order valence-electron chi connectivity index (χ4n) is 3.10. The van der Waals surface area contributed by atoms with Crippen molar-refractivity contribution < 1.29 is 4.79 Å². The smallest absolute Gasteiger partial charge is 0.256 e. The van der Waals surface area contributed by atoms with Crippen LogP contribution in [0.3, 0.4) is 0 Å². The van der Waals surface area contributed by atoms with Gasteiger partial charge in [0.05, 0.1) is 5.69 Å². The van der Waals surface area contributed by atoms with E-state index in [1.807, 2.05) is 60.7 Å². The number of benzene rings is 2. The van der Waals surface area contributed by atoms with Crippen LogP contribution in [-0.4, -0.2) is 15.8 Å². The van der Waals surface area contributed by atoms with E-state index in [1.54, 1.807) is 17.3 Å². The van der Waals surface area contributed by atoms with E-state index in [-0.39, 0.29) is 12.1 Å². The highest BCUT2D eigenvalue weighted by Gasteiger charge is 2.36. The molecule has 1 aliphatic heterocycles. The summed E-state index contributed by atoms with van der Waals surface area (Å²) in [5.74, 6) is -0.00286. The molecule has 1 aromatic heterocycles. The van der Waals surface area contributed by atoms with E-state index in [9.17, 15) is 4.79 Å². The SMILES string of the molecule is O=C1c2ccccc2[C@@H](Nc2cccnc2)N1Cc1ccccc1Cl. The predicted molar refractivity (Wildman–Crippen MR) is 98.4 cm³/mol. The molecule has 2 aromatic carbocycles. The molecule has 0 unspecified atom stereocenters. The van der Waals surface area contributed by atoms with Gasteiger partial charge in [0.25, 0.3) is 5.91 Å². The third-order valence-corrected chi connectivity index (χ3v) is 4.69. The molecule has 1 aliphatic rings. The van der Waals surface area contributed by atoms with Gasteiger partial charge in [-0.05, 0) is 29.8 Å². The average Bonchev–Trinajstić information content (AvgIpc) is 2.91. The van der Waals surface area contributed by atoms with Gasteiger partial charge >= 0.3 is 0 Å². The van der Waals surface area contributed by atoms with Crippen LogP contribution in [0.2, 0.25) is 5.02 Å². The molecule has 4 nitrogen and oxygen atoms in total. The predicted octanol–water partition coefficient (Wildman–Crippen LogP) is 4.50. The van der Waals surface area contributed by atoms with Crippen molar-refractivity contribution in [3.63, 3.8) is 0 Å². The van der Waals surface area contributed by atoms with E-state index in [1.165, 1.54) is 0 Å². The van der Waals surface area contributed by atoms with E-state index in [0.29, 0.717) is 11.6 Å². The first kappa shape index (κ1) is 15.7. The van der Waals surface area contributed by atoms with Crippen LogP contribution >= 0.6 is 11.6 Å². The van der Waals surface area contributed by atoms with Crippen LogP contribution in [0, 0.1) is 0 Å². The number of fused-ring (bicyclic) bond motifs is 1. The van der Waals surface area contributed by atoms with Crippen molar-refractivity contribution in [2.24, 2.45) is 0 Å². The summed E-state index contributed by atoms with van der Waals surface area (Å²) in [6.45, 7) is 0.436. The van der Waals surface area contributed by atoms with Gasteiger partial charge in [0, 0.05) is 35.1 Å². The molecular weight excluding hydrogens is 334 g/mol. The van der Waals surface area contributed by atoms with E-state index in [2.05, 4.69) is 10.3 Å². The van der Waals surface area contributed by atoms with E-state index in [0.717, 1.165) is 22.4 Å². The highest BCUT2D eigenvalue weighted by atomic mass is 35.5. The zero-order valence-corrected chi connectivity index (χ0v) is 14.1. The van der Waals surface area contributed by atoms with Crippen LogP contribution in [0.5, 0.6) is 0 Å². The van der Waals surface area contributed by atoms with Crippen molar-refractivity contribution in [3.05, 3.63) is 94.8 Å². The van der Waals surface area contributed by atoms with E-state index in [4.69, 9.17) is 11.6 Å². The second-order valence-electron chi connectivity index (χ2n) is 5.90. The monoisotopic (exact) mass is 349 g/mol. The van der Waals surface area contributed by atoms with Crippen LogP contribution in [-0.2, 0) is 6.54 Å². The molecule has 0 saturated heterocycles. The molecule has 2 heterocycles. The lowest BCUT2D eigenvalue weighted by atomic mass is 10.1. The maximum Gasteiger partial charge on any atom is 0.256 e. The Kier molecular flexibility index (Phi) is 4.12. The number of halogens is 1. The number of nitrogens with zero attached hydrogens (tertiary/aromatic N) is 2. The highest BCUT2D eigenvalue weighted by molar-refractivity contribution is 6.31. The van der Waals surface area contributed by atoms with Gasteiger partial charge in [0.1, 0.15) is 6.17 Å². The van der Waals surface area contributed by atoms with Gasteiger partial charge in [-0.25, -0.2) is 0 Å². The Bertz CT molecular complexity index is 914. The molecule has 0 radical (unpaired) electrons. The Morgan fingerprint density at radius 2 is 1.84 bits per heavy atom. The molecule has 1 amide bonds. The summed E-state index contributed by atoms with van der Waals surface area (Å²) in [6.07, 6.45) is 3.21. The Morgan fingerprint density at radius 1 is 1.04 bits per heavy atom. The van der Waals surface area contributed by atoms with Crippen LogP contribution < -0.4 is 5.32 Å². The molecule has 0 aliphatic carbocycles. The van der Waals surface area contributed by atoms with Gasteiger partial charge in [-0.3, -0.25) is 9.78 Å². The maximum absolute atomic E-state index is 12.9. The number of amides is 1. The van der Waals surface area contributed by atoms with E-state index >= 15 is 0 Å². The van der Waals surface area contributed by atoms with Crippen molar-refractivity contribution in [3.8, 4) is 0 Å². The molecule has 4 rings (SSSR count). The number of pyridine rings is 1. The molecular formula is C20H16ClN3O. The molecule has 0 fully saturated rings. The molecule has 0 bridgehead atoms. The number of carbonyl (C=O) groups excluding carboxylic acids is 1. The number of aromatic nitrogens is 1. The average molecular weight is 350 g/mol. The Hall–Kier alpha value is -2.85. The van der Waals surface area contributed by atoms with Gasteiger partial charge in [-0.15, -0.1) is 0 Å². The molecule has 3 aromatic rings. The molecule has 1 atom stereocenters. The zero-order chi connectivity index (χ0) is 17.2. The van der Waals surface area contributed by atoms with Crippen molar-refractivity contribution >= 4 is 23.2 Å². The second kappa shape index (κ2) is 6.57. The quantitative estimate of drug-likeness (QED) is 0.754. The number of hydrogen-bond donors (Lipinski definition) is 1. The minimum atomic E-state index is -0.260. The summed E-state index contributed by atoms with van der Waals surface area (Å²) in [6, 6.07) is 19.1. The summed E-state index contributed by atoms with van der Waals surface area (Å²) >= 11 is 6.30. The normalized spacial score (nSPS) is 16.0. The standard InChI is InChI=1S/C20H16ClN3O/c21-18-10-4-1-6-14(18)13-24-19(23-15-7-5-11-22-12-15)16-8-2-3-9-17(16)20(24)25/h1-12,19,23H,13H2/t19-/m0/s1. The maximum atomic E-state index is 12.9. The summed E-state index contributed by atoms with van der Waals surface area (Å²) < 4.78 is 0. The fraction of sp³-hybridized carbons (Fsp3) is 0.100.